The van der Waals surface area contributed by atoms with Crippen LogP contribution in [0.1, 0.15) is 33.6 Å². The average molecular weight is 320 g/mol. The van der Waals surface area contributed by atoms with E-state index in [-0.39, 0.29) is 23.6 Å². The molecule has 0 bridgehead atoms. The number of anilines is 1. The number of carbonyl (C=O) groups excluding carboxylic acids is 3. The van der Waals surface area contributed by atoms with Gasteiger partial charge in [-0.05, 0) is 43.5 Å². The van der Waals surface area contributed by atoms with Gasteiger partial charge in [0.25, 0.3) is 0 Å². The number of benzene rings is 1. The van der Waals surface area contributed by atoms with E-state index in [4.69, 9.17) is 0 Å². The van der Waals surface area contributed by atoms with Gasteiger partial charge in [0.1, 0.15) is 0 Å². The van der Waals surface area contributed by atoms with Crippen LogP contribution in [0.4, 0.5) is 5.69 Å². The molecule has 1 aromatic rings. The summed E-state index contributed by atoms with van der Waals surface area (Å²) in [6.07, 6.45) is 2.41. The Balaban J connectivity index is 2.06. The largest absolute Gasteiger partial charge is 0.465 e. The quantitative estimate of drug-likeness (QED) is 0.733. The van der Waals surface area contributed by atoms with Crippen LogP contribution < -0.4 is 10.6 Å². The van der Waals surface area contributed by atoms with Crippen molar-refractivity contribution in [2.45, 2.75) is 12.8 Å². The molecular weight excluding hydrogens is 300 g/mol. The third kappa shape index (κ3) is 5.07. The van der Waals surface area contributed by atoms with Crippen LogP contribution in [0.3, 0.4) is 0 Å². The molecule has 2 N–H and O–H groups in total. The minimum Gasteiger partial charge on any atom is -0.465 e. The lowest BCUT2D eigenvalue weighted by atomic mass is 10.1. The monoisotopic (exact) mass is 320 g/mol. The zero-order valence-corrected chi connectivity index (χ0v) is 13.2. The van der Waals surface area contributed by atoms with Gasteiger partial charge in [0.05, 0.1) is 31.9 Å². The fourth-order valence-corrected chi connectivity index (χ4v) is 2.09. The van der Waals surface area contributed by atoms with E-state index in [1.807, 2.05) is 0 Å². The highest BCUT2D eigenvalue weighted by Crippen LogP contribution is 2.27. The van der Waals surface area contributed by atoms with Crippen LogP contribution in [0.5, 0.6) is 0 Å². The van der Waals surface area contributed by atoms with E-state index in [0.29, 0.717) is 11.6 Å². The van der Waals surface area contributed by atoms with Crippen molar-refractivity contribution in [3.63, 3.8) is 0 Å². The maximum absolute atomic E-state index is 11.9. The smallest absolute Gasteiger partial charge is 0.337 e. The number of methoxy groups -OCH3 is 2. The number of amides is 1. The summed E-state index contributed by atoms with van der Waals surface area (Å²) < 4.78 is 9.29. The van der Waals surface area contributed by atoms with E-state index in [0.717, 1.165) is 6.54 Å². The summed E-state index contributed by atoms with van der Waals surface area (Å²) in [6.45, 7) is 0.996. The number of nitrogens with one attached hydrogen (secondary N) is 2. The Morgan fingerprint density at radius 2 is 1.61 bits per heavy atom. The van der Waals surface area contributed by atoms with Crippen molar-refractivity contribution >= 4 is 23.5 Å². The summed E-state index contributed by atoms with van der Waals surface area (Å²) in [5.74, 6) is -0.768. The second kappa shape index (κ2) is 7.73. The van der Waals surface area contributed by atoms with E-state index >= 15 is 0 Å². The minimum absolute atomic E-state index is 0.164. The number of esters is 2. The molecule has 1 fully saturated rings. The number of ether oxygens (including phenoxy) is 2. The first-order valence-corrected chi connectivity index (χ1v) is 7.35. The van der Waals surface area contributed by atoms with Crippen molar-refractivity contribution in [1.29, 1.82) is 0 Å². The molecule has 1 saturated carbocycles. The van der Waals surface area contributed by atoms with E-state index in [1.165, 1.54) is 45.3 Å². The summed E-state index contributed by atoms with van der Waals surface area (Å²) in [7, 11) is 2.49. The molecule has 0 heterocycles. The molecule has 0 spiro atoms. The first-order chi connectivity index (χ1) is 11.0. The van der Waals surface area contributed by atoms with Crippen LogP contribution in [0.2, 0.25) is 0 Å². The molecule has 1 aromatic carbocycles. The van der Waals surface area contributed by atoms with E-state index in [2.05, 4.69) is 20.1 Å². The molecule has 7 nitrogen and oxygen atoms in total. The van der Waals surface area contributed by atoms with Crippen molar-refractivity contribution < 1.29 is 23.9 Å². The van der Waals surface area contributed by atoms with Crippen LogP contribution >= 0.6 is 0 Å². The molecule has 0 unspecified atom stereocenters. The number of hydrogen-bond donors (Lipinski definition) is 2. The summed E-state index contributed by atoms with van der Waals surface area (Å²) >= 11 is 0. The summed E-state index contributed by atoms with van der Waals surface area (Å²) in [5.41, 5.74) is 0.666. The van der Waals surface area contributed by atoms with Crippen molar-refractivity contribution in [2.75, 3.05) is 32.6 Å². The van der Waals surface area contributed by atoms with Crippen LogP contribution in [0, 0.1) is 5.92 Å². The number of rotatable bonds is 7. The standard InChI is InChI=1S/C16H20N2O5/c1-22-15(20)11-5-12(16(21)23-2)7-13(6-11)18-14(19)9-17-8-10-3-4-10/h5-7,10,17H,3-4,8-9H2,1-2H3,(H,18,19). The average Bonchev–Trinajstić information content (AvgIpc) is 3.37. The fourth-order valence-electron chi connectivity index (χ4n) is 2.09. The zero-order valence-electron chi connectivity index (χ0n) is 13.2. The maximum atomic E-state index is 11.9. The Morgan fingerprint density at radius 1 is 1.04 bits per heavy atom. The Labute approximate surface area is 134 Å². The molecule has 0 aliphatic heterocycles. The molecule has 7 heteroatoms. The lowest BCUT2D eigenvalue weighted by Gasteiger charge is -2.10. The number of carbonyl (C=O) groups is 3. The topological polar surface area (TPSA) is 93.7 Å². The first kappa shape index (κ1) is 17.0. The fraction of sp³-hybridized carbons (Fsp3) is 0.438. The van der Waals surface area contributed by atoms with Crippen LogP contribution in [-0.4, -0.2) is 45.2 Å². The highest BCUT2D eigenvalue weighted by Gasteiger charge is 2.20. The van der Waals surface area contributed by atoms with Crippen molar-refractivity contribution in [3.05, 3.63) is 29.3 Å². The molecule has 0 aromatic heterocycles. The molecule has 124 valence electrons. The molecular formula is C16H20N2O5. The molecule has 1 aliphatic rings. The molecule has 0 atom stereocenters. The van der Waals surface area contributed by atoms with Gasteiger partial charge in [0, 0.05) is 5.69 Å². The van der Waals surface area contributed by atoms with Crippen LogP contribution in [-0.2, 0) is 14.3 Å². The summed E-state index contributed by atoms with van der Waals surface area (Å²) in [5, 5.41) is 5.73. The normalized spacial score (nSPS) is 13.3. The lowest BCUT2D eigenvalue weighted by Crippen LogP contribution is -2.29. The van der Waals surface area contributed by atoms with Crippen LogP contribution in [0.15, 0.2) is 18.2 Å². The SMILES string of the molecule is COC(=O)c1cc(NC(=O)CNCC2CC2)cc(C(=O)OC)c1. The number of hydrogen-bond acceptors (Lipinski definition) is 6. The van der Waals surface area contributed by atoms with E-state index in [1.54, 1.807) is 0 Å². The van der Waals surface area contributed by atoms with Crippen molar-refractivity contribution in [2.24, 2.45) is 5.92 Å². The molecule has 2 rings (SSSR count). The van der Waals surface area contributed by atoms with E-state index in [9.17, 15) is 14.4 Å². The highest BCUT2D eigenvalue weighted by molar-refractivity contribution is 5.99. The van der Waals surface area contributed by atoms with Gasteiger partial charge in [-0.2, -0.15) is 0 Å². The minimum atomic E-state index is -0.599. The maximum Gasteiger partial charge on any atom is 0.337 e. The van der Waals surface area contributed by atoms with E-state index < -0.39 is 11.9 Å². The summed E-state index contributed by atoms with van der Waals surface area (Å²) in [6, 6.07) is 4.27. The van der Waals surface area contributed by atoms with Gasteiger partial charge < -0.3 is 20.1 Å². The molecule has 1 aliphatic carbocycles. The second-order valence-electron chi connectivity index (χ2n) is 5.40. The molecule has 0 radical (unpaired) electrons. The lowest BCUT2D eigenvalue weighted by molar-refractivity contribution is -0.115. The second-order valence-corrected chi connectivity index (χ2v) is 5.40. The van der Waals surface area contributed by atoms with Gasteiger partial charge in [-0.15, -0.1) is 0 Å². The molecule has 1 amide bonds. The van der Waals surface area contributed by atoms with Gasteiger partial charge >= 0.3 is 11.9 Å². The predicted octanol–water partition coefficient (Wildman–Crippen LogP) is 1.20. The van der Waals surface area contributed by atoms with Crippen LogP contribution in [0.25, 0.3) is 0 Å². The third-order valence-corrected chi connectivity index (χ3v) is 3.47. The third-order valence-electron chi connectivity index (χ3n) is 3.47. The van der Waals surface area contributed by atoms with Crippen molar-refractivity contribution in [3.8, 4) is 0 Å². The van der Waals surface area contributed by atoms with Crippen molar-refractivity contribution in [1.82, 2.24) is 5.32 Å². The Kier molecular flexibility index (Phi) is 5.70. The Morgan fingerprint density at radius 3 is 2.09 bits per heavy atom. The Hall–Kier alpha value is -2.41. The Bertz CT molecular complexity index is 576. The predicted molar refractivity (Wildman–Crippen MR) is 83.3 cm³/mol. The first-order valence-electron chi connectivity index (χ1n) is 7.35. The highest BCUT2D eigenvalue weighted by atomic mass is 16.5. The van der Waals surface area contributed by atoms with Gasteiger partial charge in [-0.1, -0.05) is 0 Å². The van der Waals surface area contributed by atoms with Gasteiger partial charge in [0.2, 0.25) is 5.91 Å². The molecule has 0 saturated heterocycles. The van der Waals surface area contributed by atoms with Gasteiger partial charge in [-0.25, -0.2) is 9.59 Å². The zero-order chi connectivity index (χ0) is 16.8. The van der Waals surface area contributed by atoms with Gasteiger partial charge in [-0.3, -0.25) is 4.79 Å². The van der Waals surface area contributed by atoms with Gasteiger partial charge in [0.15, 0.2) is 0 Å². The summed E-state index contributed by atoms with van der Waals surface area (Å²) in [4.78, 5) is 35.2. The molecule has 23 heavy (non-hydrogen) atoms.